The van der Waals surface area contributed by atoms with E-state index in [1.807, 2.05) is 6.07 Å². The lowest BCUT2D eigenvalue weighted by Crippen LogP contribution is -2.35. The Morgan fingerprint density at radius 3 is 2.67 bits per heavy atom. The second-order valence-corrected chi connectivity index (χ2v) is 4.67. The minimum Gasteiger partial charge on any atom is -0.486 e. The van der Waals surface area contributed by atoms with E-state index in [-0.39, 0.29) is 6.10 Å². The van der Waals surface area contributed by atoms with E-state index < -0.39 is 0 Å². The number of rotatable bonds is 8. The van der Waals surface area contributed by atoms with Crippen LogP contribution in [-0.2, 0) is 4.74 Å². The molecule has 0 fully saturated rings. The number of hydrogen-bond donors (Lipinski definition) is 1. The van der Waals surface area contributed by atoms with Crippen molar-refractivity contribution in [2.45, 2.75) is 33.3 Å². The van der Waals surface area contributed by atoms with Crippen LogP contribution in [0.4, 0.5) is 0 Å². The topological polar surface area (TPSA) is 30.5 Å². The van der Waals surface area contributed by atoms with Gasteiger partial charge in [0.25, 0.3) is 0 Å². The summed E-state index contributed by atoms with van der Waals surface area (Å²) in [5.74, 6) is 0.945. The van der Waals surface area contributed by atoms with Crippen LogP contribution in [0.5, 0.6) is 5.75 Å². The molecule has 0 spiro atoms. The number of methoxy groups -OCH3 is 1. The molecule has 18 heavy (non-hydrogen) atoms. The number of hydrogen-bond acceptors (Lipinski definition) is 3. The largest absolute Gasteiger partial charge is 0.486 e. The molecule has 1 atom stereocenters. The van der Waals surface area contributed by atoms with Gasteiger partial charge in [-0.2, -0.15) is 0 Å². The molecule has 0 saturated heterocycles. The van der Waals surface area contributed by atoms with Crippen molar-refractivity contribution in [3.8, 4) is 5.75 Å². The van der Waals surface area contributed by atoms with Crippen LogP contribution in [0.2, 0.25) is 0 Å². The highest BCUT2D eigenvalue weighted by molar-refractivity contribution is 5.35. The Kier molecular flexibility index (Phi) is 6.76. The molecule has 0 aliphatic carbocycles. The molecular formula is C15H25NO2. The van der Waals surface area contributed by atoms with Crippen molar-refractivity contribution >= 4 is 0 Å². The molecule has 0 saturated carbocycles. The molecule has 3 nitrogen and oxygen atoms in total. The fourth-order valence-corrected chi connectivity index (χ4v) is 1.87. The summed E-state index contributed by atoms with van der Waals surface area (Å²) >= 11 is 0. The Hall–Kier alpha value is -1.06. The smallest absolute Gasteiger partial charge is 0.134 e. The normalized spacial score (nSPS) is 12.4. The number of nitrogens with one attached hydrogen (secondary N) is 1. The fraction of sp³-hybridized carbons (Fsp3) is 0.600. The second kappa shape index (κ2) is 8.11. The average molecular weight is 251 g/mol. The SMILES string of the molecule is CCCNCC(COC)Oc1ccc(C)cc1C. The van der Waals surface area contributed by atoms with Gasteiger partial charge in [-0.15, -0.1) is 0 Å². The third-order valence-electron chi connectivity index (χ3n) is 2.78. The Morgan fingerprint density at radius 2 is 2.06 bits per heavy atom. The molecule has 0 bridgehead atoms. The first-order valence-corrected chi connectivity index (χ1v) is 6.61. The van der Waals surface area contributed by atoms with E-state index in [1.54, 1.807) is 7.11 Å². The molecule has 3 heteroatoms. The van der Waals surface area contributed by atoms with E-state index in [2.05, 4.69) is 38.2 Å². The summed E-state index contributed by atoms with van der Waals surface area (Å²) in [7, 11) is 1.71. The Bertz CT molecular complexity index is 352. The second-order valence-electron chi connectivity index (χ2n) is 4.67. The molecule has 0 aromatic heterocycles. The lowest BCUT2D eigenvalue weighted by molar-refractivity contribution is 0.0803. The van der Waals surface area contributed by atoms with Crippen molar-refractivity contribution in [1.29, 1.82) is 0 Å². The first-order chi connectivity index (χ1) is 8.67. The average Bonchev–Trinajstić information content (AvgIpc) is 2.33. The van der Waals surface area contributed by atoms with Crippen molar-refractivity contribution in [3.05, 3.63) is 29.3 Å². The maximum absolute atomic E-state index is 6.00. The summed E-state index contributed by atoms with van der Waals surface area (Å²) in [5, 5.41) is 3.37. The fourth-order valence-electron chi connectivity index (χ4n) is 1.87. The molecule has 0 amide bonds. The molecule has 1 aromatic rings. The summed E-state index contributed by atoms with van der Waals surface area (Å²) in [6.45, 7) is 8.75. The van der Waals surface area contributed by atoms with Gasteiger partial charge in [0.05, 0.1) is 6.61 Å². The van der Waals surface area contributed by atoms with Crippen molar-refractivity contribution < 1.29 is 9.47 Å². The van der Waals surface area contributed by atoms with E-state index >= 15 is 0 Å². The van der Waals surface area contributed by atoms with Gasteiger partial charge in [-0.3, -0.25) is 0 Å². The van der Waals surface area contributed by atoms with Crippen LogP contribution in [0.15, 0.2) is 18.2 Å². The Labute approximate surface area is 110 Å². The monoisotopic (exact) mass is 251 g/mol. The van der Waals surface area contributed by atoms with Crippen LogP contribution < -0.4 is 10.1 Å². The lowest BCUT2D eigenvalue weighted by atomic mass is 10.1. The van der Waals surface area contributed by atoms with Gasteiger partial charge < -0.3 is 14.8 Å². The van der Waals surface area contributed by atoms with Gasteiger partial charge in [-0.05, 0) is 38.4 Å². The van der Waals surface area contributed by atoms with Gasteiger partial charge in [0.2, 0.25) is 0 Å². The predicted octanol–water partition coefficient (Wildman–Crippen LogP) is 2.70. The maximum atomic E-state index is 6.00. The first-order valence-electron chi connectivity index (χ1n) is 6.61. The van der Waals surface area contributed by atoms with Crippen LogP contribution in [0.1, 0.15) is 24.5 Å². The van der Waals surface area contributed by atoms with Crippen LogP contribution in [0.3, 0.4) is 0 Å². The maximum Gasteiger partial charge on any atom is 0.134 e. The van der Waals surface area contributed by atoms with Crippen molar-refractivity contribution in [1.82, 2.24) is 5.32 Å². The van der Waals surface area contributed by atoms with Crippen molar-refractivity contribution in [2.75, 3.05) is 26.8 Å². The minimum atomic E-state index is 0.0583. The molecular weight excluding hydrogens is 226 g/mol. The molecule has 0 aliphatic heterocycles. The summed E-state index contributed by atoms with van der Waals surface area (Å²) in [6, 6.07) is 6.25. The first kappa shape index (κ1) is 15.0. The van der Waals surface area contributed by atoms with Crippen LogP contribution in [0.25, 0.3) is 0 Å². The molecule has 1 unspecified atom stereocenters. The van der Waals surface area contributed by atoms with Gasteiger partial charge >= 0.3 is 0 Å². The van der Waals surface area contributed by atoms with Gasteiger partial charge in [0.1, 0.15) is 11.9 Å². The molecule has 0 radical (unpaired) electrons. The third kappa shape index (κ3) is 5.07. The van der Waals surface area contributed by atoms with E-state index in [0.717, 1.165) is 25.3 Å². The van der Waals surface area contributed by atoms with Crippen molar-refractivity contribution in [2.24, 2.45) is 0 Å². The molecule has 102 valence electrons. The zero-order valence-corrected chi connectivity index (χ0v) is 12.0. The quantitative estimate of drug-likeness (QED) is 0.721. The molecule has 0 aliphatic rings. The van der Waals surface area contributed by atoms with E-state index in [0.29, 0.717) is 6.61 Å². The van der Waals surface area contributed by atoms with Gasteiger partial charge in [-0.1, -0.05) is 24.6 Å². The van der Waals surface area contributed by atoms with Gasteiger partial charge in [-0.25, -0.2) is 0 Å². The lowest BCUT2D eigenvalue weighted by Gasteiger charge is -2.20. The van der Waals surface area contributed by atoms with Crippen molar-refractivity contribution in [3.63, 3.8) is 0 Å². The molecule has 1 rings (SSSR count). The minimum absolute atomic E-state index is 0.0583. The summed E-state index contributed by atoms with van der Waals surface area (Å²) in [6.07, 6.45) is 1.19. The van der Waals surface area contributed by atoms with Crippen LogP contribution in [0, 0.1) is 13.8 Å². The number of benzene rings is 1. The number of ether oxygens (including phenoxy) is 2. The Balaban J connectivity index is 2.58. The Morgan fingerprint density at radius 1 is 1.28 bits per heavy atom. The standard InChI is InChI=1S/C15H25NO2/c1-5-8-16-10-14(11-17-4)18-15-7-6-12(2)9-13(15)3/h6-7,9,14,16H,5,8,10-11H2,1-4H3. The summed E-state index contributed by atoms with van der Waals surface area (Å²) in [5.41, 5.74) is 2.43. The third-order valence-corrected chi connectivity index (χ3v) is 2.78. The number of aryl methyl sites for hydroxylation is 2. The summed E-state index contributed by atoms with van der Waals surface area (Å²) in [4.78, 5) is 0. The predicted molar refractivity (Wildman–Crippen MR) is 75.4 cm³/mol. The van der Waals surface area contributed by atoms with E-state index in [1.165, 1.54) is 11.1 Å². The van der Waals surface area contributed by atoms with Gasteiger partial charge in [0.15, 0.2) is 0 Å². The molecule has 0 heterocycles. The highest BCUT2D eigenvalue weighted by Gasteiger charge is 2.11. The van der Waals surface area contributed by atoms with E-state index in [9.17, 15) is 0 Å². The van der Waals surface area contributed by atoms with Crippen LogP contribution in [-0.4, -0.2) is 32.9 Å². The highest BCUT2D eigenvalue weighted by atomic mass is 16.5. The zero-order valence-electron chi connectivity index (χ0n) is 12.0. The highest BCUT2D eigenvalue weighted by Crippen LogP contribution is 2.20. The summed E-state index contributed by atoms with van der Waals surface area (Å²) < 4.78 is 11.2. The molecule has 1 N–H and O–H groups in total. The zero-order chi connectivity index (χ0) is 13.4. The van der Waals surface area contributed by atoms with Crippen LogP contribution >= 0.6 is 0 Å². The van der Waals surface area contributed by atoms with Gasteiger partial charge in [0, 0.05) is 13.7 Å². The molecule has 1 aromatic carbocycles. The van der Waals surface area contributed by atoms with E-state index in [4.69, 9.17) is 9.47 Å².